The molecule has 6 nitrogen and oxygen atoms in total. The van der Waals surface area contributed by atoms with E-state index in [9.17, 15) is 10.2 Å². The molecule has 0 unspecified atom stereocenters. The third-order valence-electron chi connectivity index (χ3n) is 11.3. The lowest BCUT2D eigenvalue weighted by atomic mass is 9.49. The number of aliphatic hydroxyl groups is 1. The van der Waals surface area contributed by atoms with Crippen LogP contribution >= 0.6 is 12.2 Å². The molecule has 7 heteroatoms. The molecule has 42 heavy (non-hydrogen) atoms. The number of rotatable bonds is 6. The first-order valence-corrected chi connectivity index (χ1v) is 15.9. The van der Waals surface area contributed by atoms with Crippen molar-refractivity contribution in [3.8, 4) is 11.5 Å². The number of isothiocyanates is 1. The fourth-order valence-electron chi connectivity index (χ4n) is 9.48. The van der Waals surface area contributed by atoms with Crippen molar-refractivity contribution in [1.29, 1.82) is 0 Å². The summed E-state index contributed by atoms with van der Waals surface area (Å²) in [5.41, 5.74) is 5.50. The van der Waals surface area contributed by atoms with Gasteiger partial charge in [0.15, 0.2) is 17.6 Å². The van der Waals surface area contributed by atoms with Crippen molar-refractivity contribution in [1.82, 2.24) is 9.47 Å². The Morgan fingerprint density at radius 2 is 1.98 bits per heavy atom. The Morgan fingerprint density at radius 3 is 2.79 bits per heavy atom. The van der Waals surface area contributed by atoms with E-state index in [-0.39, 0.29) is 17.9 Å². The largest absolute Gasteiger partial charge is 0.504 e. The number of aromatic nitrogens is 1. The summed E-state index contributed by atoms with van der Waals surface area (Å²) >= 11 is 4.86. The average molecular weight is 578 g/mol. The molecule has 2 bridgehead atoms. The van der Waals surface area contributed by atoms with Crippen LogP contribution in [0.5, 0.6) is 11.5 Å². The number of likely N-dealkylation sites (tertiary alicyclic amines) is 1. The van der Waals surface area contributed by atoms with Gasteiger partial charge in [0.2, 0.25) is 0 Å². The van der Waals surface area contributed by atoms with Crippen molar-refractivity contribution in [2.24, 2.45) is 10.9 Å². The van der Waals surface area contributed by atoms with Gasteiger partial charge in [-0.25, -0.2) is 4.99 Å². The third kappa shape index (κ3) is 3.07. The van der Waals surface area contributed by atoms with Crippen molar-refractivity contribution in [2.75, 3.05) is 19.6 Å². The number of nitrogens with zero attached hydrogens (tertiary/aromatic N) is 3. The molecule has 4 aromatic rings. The molecule has 1 saturated heterocycles. The second-order valence-corrected chi connectivity index (χ2v) is 13.6. The SMILES string of the molecule is Cc1cc2c3c(n(CCCN=C=S)c2c2ccccc12)[C@@H]1Oc2c(O)ccc4c2[C@@]12CCN(CC1CC1)[C@H](C4)[C@]2(O)C3. The summed E-state index contributed by atoms with van der Waals surface area (Å²) < 4.78 is 9.43. The number of hydrogen-bond donors (Lipinski definition) is 2. The smallest absolute Gasteiger partial charge is 0.166 e. The van der Waals surface area contributed by atoms with Crippen molar-refractivity contribution >= 4 is 39.1 Å². The van der Waals surface area contributed by atoms with Gasteiger partial charge in [-0.3, -0.25) is 4.90 Å². The molecular formula is C35H35N3O3S. The van der Waals surface area contributed by atoms with Crippen molar-refractivity contribution in [2.45, 2.75) is 75.2 Å². The predicted molar refractivity (Wildman–Crippen MR) is 167 cm³/mol. The first kappa shape index (κ1) is 25.3. The minimum atomic E-state index is -0.996. The molecule has 1 aromatic heterocycles. The molecule has 214 valence electrons. The van der Waals surface area contributed by atoms with Gasteiger partial charge >= 0.3 is 0 Å². The molecule has 0 amide bonds. The van der Waals surface area contributed by atoms with Crippen molar-refractivity contribution in [3.05, 3.63) is 70.4 Å². The van der Waals surface area contributed by atoms with Crippen LogP contribution in [0.2, 0.25) is 0 Å². The zero-order valence-corrected chi connectivity index (χ0v) is 24.7. The Hall–Kier alpha value is -3.22. The Kier molecular flexibility index (Phi) is 5.22. The lowest BCUT2D eigenvalue weighted by Crippen LogP contribution is -2.74. The molecule has 0 radical (unpaired) electrons. The molecule has 2 aliphatic heterocycles. The lowest BCUT2D eigenvalue weighted by molar-refractivity contribution is -0.173. The minimum Gasteiger partial charge on any atom is -0.504 e. The van der Waals surface area contributed by atoms with Crippen molar-refractivity contribution < 1.29 is 14.9 Å². The van der Waals surface area contributed by atoms with E-state index < -0.39 is 11.0 Å². The highest BCUT2D eigenvalue weighted by Crippen LogP contribution is 2.69. The molecule has 1 saturated carbocycles. The first-order valence-electron chi connectivity index (χ1n) is 15.5. The maximum Gasteiger partial charge on any atom is 0.166 e. The summed E-state index contributed by atoms with van der Waals surface area (Å²) in [5.74, 6) is 1.51. The number of hydrogen-bond acceptors (Lipinski definition) is 6. The molecule has 3 aromatic carbocycles. The van der Waals surface area contributed by atoms with Crippen LogP contribution in [0.25, 0.3) is 21.7 Å². The van der Waals surface area contributed by atoms with Gasteiger partial charge in [0.05, 0.1) is 33.9 Å². The van der Waals surface area contributed by atoms with E-state index in [1.165, 1.54) is 51.2 Å². The molecule has 2 N–H and O–H groups in total. The van der Waals surface area contributed by atoms with E-state index in [4.69, 9.17) is 17.0 Å². The first-order chi connectivity index (χ1) is 20.5. The van der Waals surface area contributed by atoms with E-state index in [1.807, 2.05) is 0 Å². The number of aromatic hydroxyl groups is 1. The molecule has 5 aliphatic rings. The second kappa shape index (κ2) is 8.67. The van der Waals surface area contributed by atoms with Crippen LogP contribution < -0.4 is 4.74 Å². The zero-order valence-electron chi connectivity index (χ0n) is 23.9. The predicted octanol–water partition coefficient (Wildman–Crippen LogP) is 6.00. The number of benzene rings is 3. The van der Waals surface area contributed by atoms with Gasteiger partial charge < -0.3 is 19.5 Å². The Labute approximate surface area is 250 Å². The third-order valence-corrected chi connectivity index (χ3v) is 11.5. The molecule has 3 heterocycles. The van der Waals surface area contributed by atoms with Crippen LogP contribution in [-0.2, 0) is 24.8 Å². The van der Waals surface area contributed by atoms with Crippen LogP contribution in [0.15, 0.2) is 47.5 Å². The molecule has 3 aliphatic carbocycles. The van der Waals surface area contributed by atoms with E-state index in [1.54, 1.807) is 6.07 Å². The van der Waals surface area contributed by atoms with Crippen LogP contribution in [0.3, 0.4) is 0 Å². The van der Waals surface area contributed by atoms with Gasteiger partial charge in [-0.05, 0) is 97.9 Å². The number of ether oxygens (including phenoxy) is 1. The quantitative estimate of drug-likeness (QED) is 0.167. The molecule has 4 atom stereocenters. The van der Waals surface area contributed by atoms with E-state index in [0.29, 0.717) is 18.7 Å². The number of piperidine rings is 1. The maximum absolute atomic E-state index is 13.3. The Morgan fingerprint density at radius 1 is 1.14 bits per heavy atom. The van der Waals surface area contributed by atoms with Gasteiger partial charge in [-0.1, -0.05) is 30.3 Å². The van der Waals surface area contributed by atoms with Gasteiger partial charge in [0.25, 0.3) is 0 Å². The minimum absolute atomic E-state index is 0.0194. The molecule has 1 spiro atoms. The summed E-state index contributed by atoms with van der Waals surface area (Å²) in [4.78, 5) is 6.82. The number of aryl methyl sites for hydroxylation is 2. The Balaban J connectivity index is 1.34. The number of thiocarbonyl (C=S) groups is 1. The number of fused-ring (bicyclic) bond motifs is 6. The number of aliphatic imine (C=N–C) groups is 1. The van der Waals surface area contributed by atoms with Crippen molar-refractivity contribution in [3.63, 3.8) is 0 Å². The lowest BCUT2D eigenvalue weighted by Gasteiger charge is -2.63. The van der Waals surface area contributed by atoms with Crippen LogP contribution in [0, 0.1) is 12.8 Å². The van der Waals surface area contributed by atoms with E-state index >= 15 is 0 Å². The van der Waals surface area contributed by atoms with Crippen LogP contribution in [0.1, 0.15) is 59.7 Å². The topological polar surface area (TPSA) is 70.2 Å². The average Bonchev–Trinajstić information content (AvgIpc) is 3.66. The molecular weight excluding hydrogens is 542 g/mol. The summed E-state index contributed by atoms with van der Waals surface area (Å²) in [6, 6.07) is 14.9. The maximum atomic E-state index is 13.3. The van der Waals surface area contributed by atoms with Gasteiger partial charge in [-0.15, -0.1) is 0 Å². The van der Waals surface area contributed by atoms with Gasteiger partial charge in [-0.2, -0.15) is 0 Å². The highest BCUT2D eigenvalue weighted by Gasteiger charge is 2.73. The normalized spacial score (nSPS) is 28.8. The molecule has 9 rings (SSSR count). The Bertz CT molecular complexity index is 1870. The zero-order chi connectivity index (χ0) is 28.4. The monoisotopic (exact) mass is 577 g/mol. The van der Waals surface area contributed by atoms with Gasteiger partial charge in [0, 0.05) is 41.9 Å². The standard InChI is InChI=1S/C35H35N3O3S/c1-20-15-25-26-17-35(40)28-16-22-9-10-27(39)32-29(22)34(35,11-14-37(28)18-21-7-8-21)33(41-32)31(26)38(13-4-12-36-19-42)30(25)24-6-3-2-5-23(20)24/h2-3,5-6,9-10,15,21,28,33,39-40H,4,7-8,11-14,16-18H2,1H3/t28-,33+,34+,35-/m1/s1. The van der Waals surface area contributed by atoms with Crippen LogP contribution in [0.4, 0.5) is 0 Å². The highest BCUT2D eigenvalue weighted by molar-refractivity contribution is 7.78. The van der Waals surface area contributed by atoms with E-state index in [0.717, 1.165) is 56.1 Å². The summed E-state index contributed by atoms with van der Waals surface area (Å²) in [6.07, 6.45) is 5.23. The molecule has 2 fully saturated rings. The number of phenolic OH excluding ortho intramolecular Hbond substituents is 1. The van der Waals surface area contributed by atoms with Gasteiger partial charge in [0.1, 0.15) is 0 Å². The highest BCUT2D eigenvalue weighted by atomic mass is 32.1. The van der Waals surface area contributed by atoms with Crippen LogP contribution in [-0.4, -0.2) is 56.1 Å². The fourth-order valence-corrected chi connectivity index (χ4v) is 9.57. The summed E-state index contributed by atoms with van der Waals surface area (Å²) in [7, 11) is 0. The number of phenols is 1. The fraction of sp³-hybridized carbons (Fsp3) is 0.457. The summed E-state index contributed by atoms with van der Waals surface area (Å²) in [5, 5.41) is 30.7. The second-order valence-electron chi connectivity index (χ2n) is 13.4. The van der Waals surface area contributed by atoms with E-state index in [2.05, 4.69) is 62.9 Å². The summed E-state index contributed by atoms with van der Waals surface area (Å²) in [6.45, 7) is 5.58.